The van der Waals surface area contributed by atoms with E-state index in [1.165, 1.54) is 6.20 Å². The van der Waals surface area contributed by atoms with E-state index in [4.69, 9.17) is 37.1 Å². The molecule has 0 fully saturated rings. The monoisotopic (exact) mass is 457 g/mol. The van der Waals surface area contributed by atoms with Crippen LogP contribution in [0, 0.1) is 0 Å². The third kappa shape index (κ3) is 5.81. The lowest BCUT2D eigenvalue weighted by Crippen LogP contribution is -2.10. The van der Waals surface area contributed by atoms with Crippen molar-refractivity contribution in [3.8, 4) is 11.5 Å². The number of hydrogen-bond donors (Lipinski definition) is 1. The van der Waals surface area contributed by atoms with E-state index in [1.807, 2.05) is 0 Å². The lowest BCUT2D eigenvalue weighted by atomic mass is 10.3. The predicted octanol–water partition coefficient (Wildman–Crippen LogP) is 5.65. The van der Waals surface area contributed by atoms with Gasteiger partial charge in [0.1, 0.15) is 23.9 Å². The van der Waals surface area contributed by atoms with Gasteiger partial charge in [0.2, 0.25) is 0 Å². The first-order valence-electron chi connectivity index (χ1n) is 9.24. The fourth-order valence-corrected chi connectivity index (χ4v) is 2.96. The van der Waals surface area contributed by atoms with E-state index in [-0.39, 0.29) is 19.1 Å². The molecule has 7 nitrogen and oxygen atoms in total. The number of ether oxygens (including phenoxy) is 2. The molecule has 0 unspecified atom stereocenters. The maximum Gasteiger partial charge on any atom is 0.291 e. The van der Waals surface area contributed by atoms with E-state index in [0.29, 0.717) is 33.0 Å². The maximum absolute atomic E-state index is 12.4. The van der Waals surface area contributed by atoms with Crippen molar-refractivity contribution in [3.05, 3.63) is 94.6 Å². The zero-order valence-corrected chi connectivity index (χ0v) is 17.6. The largest absolute Gasteiger partial charge is 0.486 e. The van der Waals surface area contributed by atoms with Crippen molar-refractivity contribution >= 4 is 34.8 Å². The smallest absolute Gasteiger partial charge is 0.291 e. The Morgan fingerprint density at radius 3 is 2.65 bits per heavy atom. The molecule has 0 atom stereocenters. The Hall–Kier alpha value is -3.42. The Balaban J connectivity index is 1.29. The van der Waals surface area contributed by atoms with Gasteiger partial charge in [-0.15, -0.1) is 0 Å². The van der Waals surface area contributed by atoms with Gasteiger partial charge in [-0.25, -0.2) is 4.68 Å². The van der Waals surface area contributed by atoms with Gasteiger partial charge in [0.15, 0.2) is 12.5 Å². The Morgan fingerprint density at radius 2 is 1.84 bits per heavy atom. The van der Waals surface area contributed by atoms with E-state index in [0.717, 1.165) is 0 Å². The summed E-state index contributed by atoms with van der Waals surface area (Å²) in [4.78, 5) is 12.4. The Bertz CT molecular complexity index is 1170. The molecule has 2 aromatic carbocycles. The summed E-state index contributed by atoms with van der Waals surface area (Å²) in [6.07, 6.45) is 3.17. The van der Waals surface area contributed by atoms with Crippen LogP contribution >= 0.6 is 23.2 Å². The third-order valence-corrected chi connectivity index (χ3v) is 4.62. The van der Waals surface area contributed by atoms with Crippen LogP contribution in [0.3, 0.4) is 0 Å². The first kappa shape index (κ1) is 20.8. The minimum absolute atomic E-state index is 0.164. The number of hydrogen-bond acceptors (Lipinski definition) is 5. The van der Waals surface area contributed by atoms with Crippen molar-refractivity contribution in [1.29, 1.82) is 0 Å². The summed E-state index contributed by atoms with van der Waals surface area (Å²) in [5.74, 6) is 1.56. The molecule has 1 amide bonds. The predicted molar refractivity (Wildman–Crippen MR) is 117 cm³/mol. The second-order valence-corrected chi connectivity index (χ2v) is 7.33. The highest BCUT2D eigenvalue weighted by molar-refractivity contribution is 6.30. The van der Waals surface area contributed by atoms with Gasteiger partial charge in [-0.2, -0.15) is 5.10 Å². The van der Waals surface area contributed by atoms with Crippen LogP contribution in [0.2, 0.25) is 10.0 Å². The highest BCUT2D eigenvalue weighted by Gasteiger charge is 2.13. The van der Waals surface area contributed by atoms with Crippen molar-refractivity contribution < 1.29 is 18.7 Å². The zero-order valence-electron chi connectivity index (χ0n) is 16.1. The molecular formula is C22H17Cl2N3O4. The number of furan rings is 1. The van der Waals surface area contributed by atoms with Gasteiger partial charge in [-0.05, 0) is 54.6 Å². The van der Waals surface area contributed by atoms with Crippen molar-refractivity contribution in [2.45, 2.75) is 13.3 Å². The Labute approximate surface area is 188 Å². The summed E-state index contributed by atoms with van der Waals surface area (Å²) in [5, 5.41) is 8.10. The van der Waals surface area contributed by atoms with Gasteiger partial charge < -0.3 is 19.2 Å². The minimum Gasteiger partial charge on any atom is -0.486 e. The number of amides is 1. The van der Waals surface area contributed by atoms with E-state index in [2.05, 4.69) is 10.4 Å². The SMILES string of the molecule is O=C(Nc1cnn(COc2cccc(Cl)c2)c1)c1ccc(COc2ccc(Cl)cc2)o1. The van der Waals surface area contributed by atoms with Crippen LogP contribution in [0.5, 0.6) is 11.5 Å². The van der Waals surface area contributed by atoms with Crippen LogP contribution in [-0.2, 0) is 13.3 Å². The lowest BCUT2D eigenvalue weighted by molar-refractivity contribution is 0.0992. The van der Waals surface area contributed by atoms with Gasteiger partial charge >= 0.3 is 0 Å². The quantitative estimate of drug-likeness (QED) is 0.369. The maximum atomic E-state index is 12.4. The minimum atomic E-state index is -0.395. The molecule has 0 aliphatic rings. The molecule has 9 heteroatoms. The van der Waals surface area contributed by atoms with Crippen LogP contribution in [0.1, 0.15) is 16.3 Å². The Morgan fingerprint density at radius 1 is 1.00 bits per heavy atom. The van der Waals surface area contributed by atoms with Gasteiger partial charge in [-0.1, -0.05) is 29.3 Å². The Kier molecular flexibility index (Phi) is 6.45. The number of benzene rings is 2. The number of aromatic nitrogens is 2. The van der Waals surface area contributed by atoms with Crippen molar-refractivity contribution in [2.24, 2.45) is 0 Å². The first-order valence-corrected chi connectivity index (χ1v) is 10.00. The number of nitrogens with zero attached hydrogens (tertiary/aromatic N) is 2. The molecule has 0 aliphatic heterocycles. The van der Waals surface area contributed by atoms with Gasteiger partial charge in [-0.3, -0.25) is 4.79 Å². The van der Waals surface area contributed by atoms with E-state index >= 15 is 0 Å². The van der Waals surface area contributed by atoms with Gasteiger partial charge in [0, 0.05) is 10.0 Å². The zero-order chi connectivity index (χ0) is 21.6. The number of halogens is 2. The van der Waals surface area contributed by atoms with Crippen molar-refractivity contribution in [1.82, 2.24) is 9.78 Å². The molecule has 158 valence electrons. The second-order valence-electron chi connectivity index (χ2n) is 6.46. The fourth-order valence-electron chi connectivity index (χ4n) is 2.65. The summed E-state index contributed by atoms with van der Waals surface area (Å²) in [6.45, 7) is 0.358. The highest BCUT2D eigenvalue weighted by Crippen LogP contribution is 2.19. The van der Waals surface area contributed by atoms with Gasteiger partial charge in [0.05, 0.1) is 18.1 Å². The van der Waals surface area contributed by atoms with E-state index in [1.54, 1.807) is 71.5 Å². The van der Waals surface area contributed by atoms with Crippen molar-refractivity contribution in [2.75, 3.05) is 5.32 Å². The van der Waals surface area contributed by atoms with Gasteiger partial charge in [0.25, 0.3) is 5.91 Å². The number of carbonyl (C=O) groups excluding carboxylic acids is 1. The van der Waals surface area contributed by atoms with Crippen LogP contribution in [0.25, 0.3) is 0 Å². The average Bonchev–Trinajstić information content (AvgIpc) is 3.41. The molecule has 2 heterocycles. The average molecular weight is 458 g/mol. The number of nitrogens with one attached hydrogen (secondary N) is 1. The summed E-state index contributed by atoms with van der Waals surface area (Å²) >= 11 is 11.8. The molecule has 0 aliphatic carbocycles. The molecule has 0 spiro atoms. The van der Waals surface area contributed by atoms with Crippen molar-refractivity contribution in [3.63, 3.8) is 0 Å². The molecule has 1 N–H and O–H groups in total. The molecule has 4 rings (SSSR count). The standard InChI is InChI=1S/C22H17Cl2N3O4/c23-15-4-6-18(7-5-15)29-13-20-8-9-21(31-20)22(28)26-17-11-25-27(12-17)14-30-19-3-1-2-16(24)10-19/h1-12H,13-14H2,(H,26,28). The van der Waals surface area contributed by atoms with Crippen LogP contribution in [0.4, 0.5) is 5.69 Å². The molecular weight excluding hydrogens is 441 g/mol. The van der Waals surface area contributed by atoms with Crippen LogP contribution in [0.15, 0.2) is 77.5 Å². The fraction of sp³-hybridized carbons (Fsp3) is 0.0909. The second kappa shape index (κ2) is 9.59. The van der Waals surface area contributed by atoms with Crippen LogP contribution < -0.4 is 14.8 Å². The summed E-state index contributed by atoms with van der Waals surface area (Å²) < 4.78 is 18.3. The van der Waals surface area contributed by atoms with E-state index in [9.17, 15) is 4.79 Å². The summed E-state index contributed by atoms with van der Waals surface area (Å²) in [5.41, 5.74) is 0.509. The molecule has 31 heavy (non-hydrogen) atoms. The highest BCUT2D eigenvalue weighted by atomic mass is 35.5. The summed E-state index contributed by atoms with van der Waals surface area (Å²) in [6, 6.07) is 17.3. The molecule has 0 saturated carbocycles. The molecule has 4 aromatic rings. The van der Waals surface area contributed by atoms with E-state index < -0.39 is 5.91 Å². The first-order chi connectivity index (χ1) is 15.0. The topological polar surface area (TPSA) is 78.5 Å². The third-order valence-electron chi connectivity index (χ3n) is 4.13. The number of rotatable bonds is 8. The van der Waals surface area contributed by atoms with Crippen LogP contribution in [-0.4, -0.2) is 15.7 Å². The molecule has 0 bridgehead atoms. The summed E-state index contributed by atoms with van der Waals surface area (Å²) in [7, 11) is 0. The molecule has 0 saturated heterocycles. The molecule has 0 radical (unpaired) electrons. The molecule has 2 aromatic heterocycles. The number of carbonyl (C=O) groups is 1. The lowest BCUT2D eigenvalue weighted by Gasteiger charge is -2.06. The number of anilines is 1. The normalized spacial score (nSPS) is 10.6.